The lowest BCUT2D eigenvalue weighted by molar-refractivity contribution is -0.360. The van der Waals surface area contributed by atoms with E-state index in [0.29, 0.717) is 0 Å². The van der Waals surface area contributed by atoms with E-state index in [-0.39, 0.29) is 6.42 Å². The molecule has 4 fully saturated rings. The fourth-order valence-electron chi connectivity index (χ4n) is 5.67. The van der Waals surface area contributed by atoms with Crippen molar-refractivity contribution < 1.29 is 69.6 Å². The molecule has 14 nitrogen and oxygen atoms in total. The molecule has 0 spiro atoms. The average molecular weight is 527 g/mol. The van der Waals surface area contributed by atoms with Crippen LogP contribution >= 0.6 is 0 Å². The van der Waals surface area contributed by atoms with Crippen molar-refractivity contribution in [3.05, 3.63) is 0 Å². The number of hydrogen-bond acceptors (Lipinski definition) is 14. The smallest absolute Gasteiger partial charge is 0.187 e. The second kappa shape index (κ2) is 11.3. The zero-order valence-electron chi connectivity index (χ0n) is 20.0. The molecule has 0 aromatic rings. The minimum Gasteiger partial charge on any atom is -0.394 e. The van der Waals surface area contributed by atoms with Crippen LogP contribution in [0.3, 0.4) is 0 Å². The van der Waals surface area contributed by atoms with Crippen LogP contribution in [0.2, 0.25) is 0 Å². The summed E-state index contributed by atoms with van der Waals surface area (Å²) in [6.07, 6.45) is -19.6. The van der Waals surface area contributed by atoms with Gasteiger partial charge in [0, 0.05) is 5.92 Å². The van der Waals surface area contributed by atoms with Gasteiger partial charge in [-0.2, -0.15) is 0 Å². The van der Waals surface area contributed by atoms with Gasteiger partial charge in [-0.15, -0.1) is 0 Å². The van der Waals surface area contributed by atoms with Crippen LogP contribution in [0.4, 0.5) is 0 Å². The Morgan fingerprint density at radius 1 is 0.611 bits per heavy atom. The Labute approximate surface area is 207 Å². The maximum atomic E-state index is 10.8. The van der Waals surface area contributed by atoms with E-state index in [4.69, 9.17) is 23.7 Å². The monoisotopic (exact) mass is 526 g/mol. The summed E-state index contributed by atoms with van der Waals surface area (Å²) in [5.41, 5.74) is 0. The van der Waals surface area contributed by atoms with Crippen molar-refractivity contribution in [3.8, 4) is 0 Å². The first-order chi connectivity index (χ1) is 17.0. The van der Waals surface area contributed by atoms with E-state index in [0.717, 1.165) is 0 Å². The number of rotatable bonds is 5. The molecule has 4 aliphatic heterocycles. The van der Waals surface area contributed by atoms with Gasteiger partial charge in [0.15, 0.2) is 6.29 Å². The van der Waals surface area contributed by atoms with Crippen LogP contribution in [0, 0.1) is 5.92 Å². The molecule has 4 saturated heterocycles. The molecule has 210 valence electrons. The average Bonchev–Trinajstić information content (AvgIpc) is 2.86. The van der Waals surface area contributed by atoms with Gasteiger partial charge in [0.05, 0.1) is 37.6 Å². The Morgan fingerprint density at radius 3 is 1.89 bits per heavy atom. The van der Waals surface area contributed by atoms with Crippen molar-refractivity contribution in [2.75, 3.05) is 13.2 Å². The number of fused-ring (bicyclic) bond motifs is 1. The highest BCUT2D eigenvalue weighted by Crippen LogP contribution is 2.40. The SMILES string of the molecule is CC1O[C@H]2C(CC1[C@H]1OC(CO)[C@H](O)C(O)C1O)O[C@@H](O[C@@H]1C(CO)O[C@@H](C)C(O)C1O)C(O)C2O. The Bertz CT molecular complexity index is 725. The normalized spacial score (nSPS) is 56.2. The summed E-state index contributed by atoms with van der Waals surface area (Å²) < 4.78 is 28.7. The van der Waals surface area contributed by atoms with Gasteiger partial charge in [0.1, 0.15) is 67.1 Å². The molecule has 4 aliphatic rings. The molecule has 0 radical (unpaired) electrons. The van der Waals surface area contributed by atoms with Crippen molar-refractivity contribution in [1.82, 2.24) is 0 Å². The van der Waals surface area contributed by atoms with Gasteiger partial charge in [0.2, 0.25) is 0 Å². The van der Waals surface area contributed by atoms with Crippen LogP contribution < -0.4 is 0 Å². The third kappa shape index (κ3) is 5.05. The van der Waals surface area contributed by atoms with Crippen LogP contribution in [-0.2, 0) is 23.7 Å². The quantitative estimate of drug-likeness (QED) is 0.163. The molecule has 11 unspecified atom stereocenters. The third-order valence-electron chi connectivity index (χ3n) is 7.87. The predicted molar refractivity (Wildman–Crippen MR) is 115 cm³/mol. The van der Waals surface area contributed by atoms with E-state index < -0.39 is 117 Å². The standard InChI is InChI=1S/C22H38O14/c1-6-8(19-16(29)14(27)13(26)10(4-23)34-19)3-9-20(33-6)17(30)18(31)22(35-9)36-21-11(5-24)32-7(2)12(25)15(21)28/h6-31H,3-5H2,1-2H3/t6?,7-,8?,9?,10?,11?,12?,13-,14?,15?,16?,17?,18?,19+,20-,21+,22-/m0/s1. The summed E-state index contributed by atoms with van der Waals surface area (Å²) in [4.78, 5) is 0. The van der Waals surface area contributed by atoms with E-state index >= 15 is 0 Å². The summed E-state index contributed by atoms with van der Waals surface area (Å²) in [7, 11) is 0. The first kappa shape index (κ1) is 28.4. The number of aliphatic hydroxyl groups is 9. The lowest BCUT2D eigenvalue weighted by Crippen LogP contribution is -2.67. The second-order valence-electron chi connectivity index (χ2n) is 10.2. The number of hydrogen-bond donors (Lipinski definition) is 9. The molecule has 0 aromatic heterocycles. The molecule has 0 aromatic carbocycles. The van der Waals surface area contributed by atoms with Crippen LogP contribution in [0.1, 0.15) is 20.3 Å². The Balaban J connectivity index is 1.50. The zero-order valence-corrected chi connectivity index (χ0v) is 20.0. The minimum absolute atomic E-state index is 0.116. The van der Waals surface area contributed by atoms with Crippen LogP contribution in [0.5, 0.6) is 0 Å². The van der Waals surface area contributed by atoms with Crippen LogP contribution in [0.15, 0.2) is 0 Å². The molecule has 4 rings (SSSR count). The molecular formula is C22H38O14. The molecule has 0 aliphatic carbocycles. The summed E-state index contributed by atoms with van der Waals surface area (Å²) >= 11 is 0. The largest absolute Gasteiger partial charge is 0.394 e. The van der Waals surface area contributed by atoms with Gasteiger partial charge in [-0.05, 0) is 20.3 Å². The lowest BCUT2D eigenvalue weighted by Gasteiger charge is -2.52. The summed E-state index contributed by atoms with van der Waals surface area (Å²) in [5, 5.41) is 92.1. The molecule has 36 heavy (non-hydrogen) atoms. The van der Waals surface area contributed by atoms with Crippen molar-refractivity contribution in [3.63, 3.8) is 0 Å². The lowest BCUT2D eigenvalue weighted by atomic mass is 9.78. The predicted octanol–water partition coefficient (Wildman–Crippen LogP) is -5.04. The summed E-state index contributed by atoms with van der Waals surface area (Å²) in [6.45, 7) is 2.05. The first-order valence-corrected chi connectivity index (χ1v) is 12.3. The van der Waals surface area contributed by atoms with Crippen molar-refractivity contribution >= 4 is 0 Å². The van der Waals surface area contributed by atoms with Crippen molar-refractivity contribution in [2.24, 2.45) is 5.92 Å². The number of aliphatic hydroxyl groups excluding tert-OH is 9. The van der Waals surface area contributed by atoms with E-state index in [2.05, 4.69) is 0 Å². The maximum Gasteiger partial charge on any atom is 0.187 e. The Hall–Kier alpha value is -0.560. The molecule has 0 amide bonds. The zero-order chi connectivity index (χ0) is 26.5. The van der Waals surface area contributed by atoms with E-state index in [1.165, 1.54) is 6.92 Å². The van der Waals surface area contributed by atoms with Gasteiger partial charge < -0.3 is 69.6 Å². The first-order valence-electron chi connectivity index (χ1n) is 12.3. The highest BCUT2D eigenvalue weighted by atomic mass is 16.7. The maximum absolute atomic E-state index is 10.8. The van der Waals surface area contributed by atoms with E-state index in [1.54, 1.807) is 6.92 Å². The summed E-state index contributed by atoms with van der Waals surface area (Å²) in [5.74, 6) is -0.614. The fraction of sp³-hybridized carbons (Fsp3) is 1.00. The molecular weight excluding hydrogens is 488 g/mol. The molecule has 0 saturated carbocycles. The van der Waals surface area contributed by atoms with Gasteiger partial charge in [0.25, 0.3) is 0 Å². The van der Waals surface area contributed by atoms with Crippen molar-refractivity contribution in [2.45, 2.75) is 118 Å². The van der Waals surface area contributed by atoms with Gasteiger partial charge in [-0.3, -0.25) is 0 Å². The van der Waals surface area contributed by atoms with E-state index in [1.807, 2.05) is 0 Å². The Morgan fingerprint density at radius 2 is 1.25 bits per heavy atom. The highest BCUT2D eigenvalue weighted by molar-refractivity contribution is 5.02. The minimum atomic E-state index is -1.61. The molecule has 9 N–H and O–H groups in total. The van der Waals surface area contributed by atoms with Gasteiger partial charge in [-0.25, -0.2) is 0 Å². The van der Waals surface area contributed by atoms with Crippen molar-refractivity contribution in [1.29, 1.82) is 0 Å². The van der Waals surface area contributed by atoms with E-state index in [9.17, 15) is 46.0 Å². The molecule has 0 bridgehead atoms. The molecule has 4 heterocycles. The van der Waals surface area contributed by atoms with Gasteiger partial charge in [-0.1, -0.05) is 0 Å². The molecule has 14 heteroatoms. The summed E-state index contributed by atoms with van der Waals surface area (Å²) in [6, 6.07) is 0. The van der Waals surface area contributed by atoms with Crippen LogP contribution in [-0.4, -0.2) is 157 Å². The van der Waals surface area contributed by atoms with Gasteiger partial charge >= 0.3 is 0 Å². The molecule has 17 atom stereocenters. The number of ether oxygens (including phenoxy) is 5. The highest BCUT2D eigenvalue weighted by Gasteiger charge is 2.56. The topological polar surface area (TPSA) is 228 Å². The third-order valence-corrected chi connectivity index (χ3v) is 7.87. The fourth-order valence-corrected chi connectivity index (χ4v) is 5.67. The van der Waals surface area contributed by atoms with Crippen LogP contribution in [0.25, 0.3) is 0 Å². The Kier molecular flexibility index (Phi) is 8.91. The second-order valence-corrected chi connectivity index (χ2v) is 10.2.